The van der Waals surface area contributed by atoms with Crippen molar-refractivity contribution in [3.63, 3.8) is 0 Å². The van der Waals surface area contributed by atoms with Gasteiger partial charge in [-0.05, 0) is 24.5 Å². The molecule has 2 aromatic rings. The van der Waals surface area contributed by atoms with E-state index in [2.05, 4.69) is 16.8 Å². The summed E-state index contributed by atoms with van der Waals surface area (Å²) in [5.41, 5.74) is 13.0. The van der Waals surface area contributed by atoms with Crippen LogP contribution >= 0.6 is 0 Å². The predicted octanol–water partition coefficient (Wildman–Crippen LogP) is 1.51. The first-order valence-corrected chi connectivity index (χ1v) is 7.26. The summed E-state index contributed by atoms with van der Waals surface area (Å²) in [6, 6.07) is 9.79. The molecular formula is C16H20N4O. The van der Waals surface area contributed by atoms with Crippen LogP contribution in [0.4, 0.5) is 5.82 Å². The third kappa shape index (κ3) is 2.56. The summed E-state index contributed by atoms with van der Waals surface area (Å²) in [5.74, 6) is 0.610. The molecule has 0 saturated carbocycles. The quantitative estimate of drug-likeness (QED) is 0.875. The number of amides is 1. The van der Waals surface area contributed by atoms with Crippen LogP contribution in [0.15, 0.2) is 30.3 Å². The first kappa shape index (κ1) is 13.8. The Balaban J connectivity index is 2.07. The average molecular weight is 284 g/mol. The highest BCUT2D eigenvalue weighted by Crippen LogP contribution is 2.27. The molecule has 5 heteroatoms. The smallest absolute Gasteiger partial charge is 0.252 e. The minimum atomic E-state index is -0.439. The molecule has 0 radical (unpaired) electrons. The molecule has 0 aliphatic carbocycles. The number of anilines is 1. The molecule has 2 heterocycles. The van der Waals surface area contributed by atoms with Gasteiger partial charge in [0, 0.05) is 24.5 Å². The van der Waals surface area contributed by atoms with E-state index in [1.54, 1.807) is 0 Å². The second kappa shape index (κ2) is 5.33. The number of nitrogens with two attached hydrogens (primary N) is 2. The van der Waals surface area contributed by atoms with Gasteiger partial charge in [-0.1, -0.05) is 25.1 Å². The Morgan fingerprint density at radius 1 is 1.38 bits per heavy atom. The van der Waals surface area contributed by atoms with E-state index >= 15 is 0 Å². The van der Waals surface area contributed by atoms with Crippen LogP contribution in [-0.4, -0.2) is 30.0 Å². The summed E-state index contributed by atoms with van der Waals surface area (Å²) in [6.45, 7) is 3.73. The molecule has 0 bridgehead atoms. The van der Waals surface area contributed by atoms with Crippen LogP contribution in [-0.2, 0) is 0 Å². The molecule has 1 aliphatic rings. The summed E-state index contributed by atoms with van der Waals surface area (Å²) in [6.07, 6.45) is 0.897. The van der Waals surface area contributed by atoms with Crippen LogP contribution in [0.5, 0.6) is 0 Å². The lowest BCUT2D eigenvalue weighted by molar-refractivity contribution is 0.100. The number of nitrogens with zero attached hydrogens (tertiary/aromatic N) is 2. The normalized spacial score (nSPS) is 22.5. The first-order chi connectivity index (χ1) is 10.1. The number of hydrogen-bond donors (Lipinski definition) is 2. The number of rotatable bonds is 2. The van der Waals surface area contributed by atoms with Crippen molar-refractivity contribution in [2.24, 2.45) is 17.4 Å². The van der Waals surface area contributed by atoms with E-state index in [-0.39, 0.29) is 6.04 Å². The average Bonchev–Trinajstić information content (AvgIpc) is 2.48. The number of benzene rings is 1. The van der Waals surface area contributed by atoms with Crippen LogP contribution in [0.2, 0.25) is 0 Å². The number of fused-ring (bicyclic) bond motifs is 1. The molecule has 1 fully saturated rings. The molecule has 110 valence electrons. The van der Waals surface area contributed by atoms with Crippen LogP contribution in [0.3, 0.4) is 0 Å². The zero-order valence-corrected chi connectivity index (χ0v) is 12.1. The van der Waals surface area contributed by atoms with Crippen LogP contribution in [0.1, 0.15) is 23.7 Å². The number of carbonyl (C=O) groups excluding carboxylic acids is 1. The molecular weight excluding hydrogens is 264 g/mol. The Bertz CT molecular complexity index is 685. The van der Waals surface area contributed by atoms with Gasteiger partial charge in [0.25, 0.3) is 5.91 Å². The number of pyridine rings is 1. The van der Waals surface area contributed by atoms with Crippen LogP contribution < -0.4 is 16.4 Å². The Kier molecular flexibility index (Phi) is 3.51. The van der Waals surface area contributed by atoms with Gasteiger partial charge in [-0.15, -0.1) is 0 Å². The zero-order valence-electron chi connectivity index (χ0n) is 12.1. The molecule has 21 heavy (non-hydrogen) atoms. The molecule has 5 nitrogen and oxygen atoms in total. The SMILES string of the molecule is CC1CN(c2nc3ccccc3cc2C(N)=O)CCC1N. The van der Waals surface area contributed by atoms with Gasteiger partial charge in [0.1, 0.15) is 5.82 Å². The number of primary amides is 1. The fraction of sp³-hybridized carbons (Fsp3) is 0.375. The second-order valence-corrected chi connectivity index (χ2v) is 5.79. The minimum absolute atomic E-state index is 0.207. The third-order valence-corrected chi connectivity index (χ3v) is 4.24. The third-order valence-electron chi connectivity index (χ3n) is 4.24. The van der Waals surface area contributed by atoms with Gasteiger partial charge in [-0.25, -0.2) is 4.98 Å². The van der Waals surface area contributed by atoms with Gasteiger partial charge in [0.15, 0.2) is 0 Å². The fourth-order valence-corrected chi connectivity index (χ4v) is 2.88. The maximum absolute atomic E-state index is 11.8. The zero-order chi connectivity index (χ0) is 15.0. The van der Waals surface area contributed by atoms with E-state index in [0.717, 1.165) is 30.4 Å². The Labute approximate surface area is 123 Å². The molecule has 3 rings (SSSR count). The van der Waals surface area contributed by atoms with Crippen molar-refractivity contribution in [1.82, 2.24) is 4.98 Å². The van der Waals surface area contributed by atoms with Gasteiger partial charge < -0.3 is 16.4 Å². The Morgan fingerprint density at radius 2 is 2.14 bits per heavy atom. The largest absolute Gasteiger partial charge is 0.365 e. The van der Waals surface area contributed by atoms with E-state index < -0.39 is 5.91 Å². The fourth-order valence-electron chi connectivity index (χ4n) is 2.88. The van der Waals surface area contributed by atoms with E-state index in [1.165, 1.54) is 0 Å². The maximum Gasteiger partial charge on any atom is 0.252 e. The summed E-state index contributed by atoms with van der Waals surface area (Å²) < 4.78 is 0. The number of carbonyl (C=O) groups is 1. The molecule has 1 aromatic heterocycles. The monoisotopic (exact) mass is 284 g/mol. The maximum atomic E-state index is 11.8. The van der Waals surface area contributed by atoms with Crippen LogP contribution in [0.25, 0.3) is 10.9 Å². The second-order valence-electron chi connectivity index (χ2n) is 5.79. The van der Waals surface area contributed by atoms with Gasteiger partial charge in [0.05, 0.1) is 11.1 Å². The van der Waals surface area contributed by atoms with Crippen LogP contribution in [0, 0.1) is 5.92 Å². The molecule has 1 saturated heterocycles. The molecule has 1 aliphatic heterocycles. The van der Waals surface area contributed by atoms with Crippen molar-refractivity contribution in [1.29, 1.82) is 0 Å². The number of para-hydroxylation sites is 1. The molecule has 1 amide bonds. The lowest BCUT2D eigenvalue weighted by Gasteiger charge is -2.36. The number of piperidine rings is 1. The highest BCUT2D eigenvalue weighted by atomic mass is 16.1. The first-order valence-electron chi connectivity index (χ1n) is 7.26. The summed E-state index contributed by atoms with van der Waals surface area (Å²) in [7, 11) is 0. The van der Waals surface area contributed by atoms with Gasteiger partial charge >= 0.3 is 0 Å². The van der Waals surface area contributed by atoms with E-state index in [4.69, 9.17) is 11.5 Å². The Morgan fingerprint density at radius 3 is 2.86 bits per heavy atom. The molecule has 0 spiro atoms. The lowest BCUT2D eigenvalue weighted by Crippen LogP contribution is -2.46. The molecule has 2 atom stereocenters. The van der Waals surface area contributed by atoms with Crippen molar-refractivity contribution in [2.75, 3.05) is 18.0 Å². The molecule has 2 unspecified atom stereocenters. The van der Waals surface area contributed by atoms with Gasteiger partial charge in [-0.2, -0.15) is 0 Å². The molecule has 4 N–H and O–H groups in total. The van der Waals surface area contributed by atoms with Crippen molar-refractivity contribution >= 4 is 22.6 Å². The summed E-state index contributed by atoms with van der Waals surface area (Å²) in [4.78, 5) is 18.6. The van der Waals surface area contributed by atoms with Crippen molar-refractivity contribution in [3.05, 3.63) is 35.9 Å². The van der Waals surface area contributed by atoms with Gasteiger partial charge in [-0.3, -0.25) is 4.79 Å². The standard InChI is InChI=1S/C16H20N4O/c1-10-9-20(7-6-13(10)17)16-12(15(18)21)8-11-4-2-3-5-14(11)19-16/h2-5,8,10,13H,6-7,9,17H2,1H3,(H2,18,21). The highest BCUT2D eigenvalue weighted by molar-refractivity contribution is 6.01. The van der Waals surface area contributed by atoms with Gasteiger partial charge in [0.2, 0.25) is 0 Å². The van der Waals surface area contributed by atoms with Crippen molar-refractivity contribution in [3.8, 4) is 0 Å². The van der Waals surface area contributed by atoms with E-state index in [1.807, 2.05) is 30.3 Å². The Hall–Kier alpha value is -2.14. The lowest BCUT2D eigenvalue weighted by atomic mass is 9.94. The number of aromatic nitrogens is 1. The highest BCUT2D eigenvalue weighted by Gasteiger charge is 2.26. The van der Waals surface area contributed by atoms with Crippen molar-refractivity contribution in [2.45, 2.75) is 19.4 Å². The predicted molar refractivity (Wildman–Crippen MR) is 84.2 cm³/mol. The molecule has 1 aromatic carbocycles. The van der Waals surface area contributed by atoms with E-state index in [0.29, 0.717) is 17.3 Å². The van der Waals surface area contributed by atoms with E-state index in [9.17, 15) is 4.79 Å². The summed E-state index contributed by atoms with van der Waals surface area (Å²) >= 11 is 0. The minimum Gasteiger partial charge on any atom is -0.365 e. The topological polar surface area (TPSA) is 85.2 Å². The summed E-state index contributed by atoms with van der Waals surface area (Å²) in [5, 5.41) is 0.928. The number of hydrogen-bond acceptors (Lipinski definition) is 4. The van der Waals surface area contributed by atoms with Crippen molar-refractivity contribution < 1.29 is 4.79 Å².